The largest absolute Gasteiger partial charge is 0.313 e. The molecule has 1 atom stereocenters. The summed E-state index contributed by atoms with van der Waals surface area (Å²) in [5.41, 5.74) is 3.16. The van der Waals surface area contributed by atoms with Crippen LogP contribution in [0.3, 0.4) is 0 Å². The average molecular weight is 239 g/mol. The number of nitrogens with one attached hydrogen (secondary N) is 1. The number of hydrogen-bond donors (Lipinski definition) is 1. The lowest BCUT2D eigenvalue weighted by molar-refractivity contribution is 0.186. The lowest BCUT2D eigenvalue weighted by Gasteiger charge is -2.32. The van der Waals surface area contributed by atoms with Crippen LogP contribution in [0.25, 0.3) is 0 Å². The van der Waals surface area contributed by atoms with Crippen molar-refractivity contribution >= 4 is 11.3 Å². The number of likely N-dealkylation sites (tertiary alicyclic amines) is 1. The first-order valence-corrected chi connectivity index (χ1v) is 7.02. The minimum Gasteiger partial charge on any atom is -0.313 e. The van der Waals surface area contributed by atoms with Gasteiger partial charge in [0.15, 0.2) is 0 Å². The summed E-state index contributed by atoms with van der Waals surface area (Å²) < 4.78 is 0. The molecule has 0 aliphatic carbocycles. The fourth-order valence-corrected chi connectivity index (χ4v) is 3.15. The van der Waals surface area contributed by atoms with Gasteiger partial charge in [0.1, 0.15) is 0 Å². The molecular weight excluding hydrogens is 218 g/mol. The molecule has 0 bridgehead atoms. The average Bonchev–Trinajstić information content (AvgIpc) is 2.66. The highest BCUT2D eigenvalue weighted by Gasteiger charge is 2.19. The zero-order valence-electron chi connectivity index (χ0n) is 10.2. The molecule has 0 aromatic carbocycles. The Hall–Kier alpha value is -0.450. The van der Waals surface area contributed by atoms with Gasteiger partial charge in [-0.25, -0.2) is 4.98 Å². The Morgan fingerprint density at radius 3 is 3.19 bits per heavy atom. The van der Waals surface area contributed by atoms with E-state index in [1.54, 1.807) is 11.3 Å². The molecular formula is C12H21N3S. The van der Waals surface area contributed by atoms with Gasteiger partial charge in [0.2, 0.25) is 0 Å². The molecule has 1 unspecified atom stereocenters. The summed E-state index contributed by atoms with van der Waals surface area (Å²) in [6.45, 7) is 8.88. The van der Waals surface area contributed by atoms with Crippen LogP contribution < -0.4 is 5.32 Å². The summed E-state index contributed by atoms with van der Waals surface area (Å²) in [5.74, 6) is 0. The summed E-state index contributed by atoms with van der Waals surface area (Å²) in [7, 11) is 0. The van der Waals surface area contributed by atoms with Gasteiger partial charge in [-0.15, -0.1) is 11.3 Å². The Morgan fingerprint density at radius 1 is 1.62 bits per heavy atom. The second-order valence-corrected chi connectivity index (χ2v) is 5.43. The highest BCUT2D eigenvalue weighted by molar-refractivity contribution is 7.09. The summed E-state index contributed by atoms with van der Waals surface area (Å²) in [6, 6.07) is 0.687. The van der Waals surface area contributed by atoms with Gasteiger partial charge in [-0.2, -0.15) is 0 Å². The molecule has 1 saturated heterocycles. The maximum Gasteiger partial charge on any atom is 0.0798 e. The van der Waals surface area contributed by atoms with E-state index in [2.05, 4.69) is 29.0 Å². The van der Waals surface area contributed by atoms with E-state index in [1.165, 1.54) is 36.5 Å². The summed E-state index contributed by atoms with van der Waals surface area (Å²) >= 11 is 1.78. The quantitative estimate of drug-likeness (QED) is 0.871. The van der Waals surface area contributed by atoms with Gasteiger partial charge in [-0.3, -0.25) is 4.90 Å². The molecule has 1 aliphatic rings. The molecule has 0 spiro atoms. The van der Waals surface area contributed by atoms with Crippen LogP contribution in [0, 0.1) is 6.92 Å². The van der Waals surface area contributed by atoms with E-state index in [0.717, 1.165) is 13.1 Å². The van der Waals surface area contributed by atoms with Gasteiger partial charge in [0.05, 0.1) is 11.2 Å². The molecule has 1 fully saturated rings. The Morgan fingerprint density at radius 2 is 2.50 bits per heavy atom. The first-order valence-electron chi connectivity index (χ1n) is 6.14. The van der Waals surface area contributed by atoms with E-state index in [-0.39, 0.29) is 0 Å². The molecule has 0 saturated carbocycles. The third-order valence-electron chi connectivity index (χ3n) is 3.21. The second-order valence-electron chi connectivity index (χ2n) is 4.49. The Balaban J connectivity index is 1.88. The predicted octanol–water partition coefficient (Wildman–Crippen LogP) is 2.03. The number of aryl methyl sites for hydroxylation is 1. The van der Waals surface area contributed by atoms with Crippen molar-refractivity contribution in [3.05, 3.63) is 16.1 Å². The lowest BCUT2D eigenvalue weighted by atomic mass is 10.1. The SMILES string of the molecule is CCNC1CCCN(Cc2scnc2C)C1. The number of hydrogen-bond acceptors (Lipinski definition) is 4. The number of aromatic nitrogens is 1. The molecule has 1 aliphatic heterocycles. The highest BCUT2D eigenvalue weighted by atomic mass is 32.1. The van der Waals surface area contributed by atoms with Gasteiger partial charge in [-0.05, 0) is 32.9 Å². The van der Waals surface area contributed by atoms with Crippen molar-refractivity contribution in [3.8, 4) is 0 Å². The van der Waals surface area contributed by atoms with Crippen molar-refractivity contribution in [1.82, 2.24) is 15.2 Å². The number of likely N-dealkylation sites (N-methyl/N-ethyl adjacent to an activating group) is 1. The number of thiazole rings is 1. The maximum absolute atomic E-state index is 4.31. The molecule has 2 heterocycles. The number of piperidine rings is 1. The topological polar surface area (TPSA) is 28.2 Å². The molecule has 16 heavy (non-hydrogen) atoms. The van der Waals surface area contributed by atoms with Crippen molar-refractivity contribution in [2.75, 3.05) is 19.6 Å². The van der Waals surface area contributed by atoms with Crippen molar-refractivity contribution < 1.29 is 0 Å². The van der Waals surface area contributed by atoms with E-state index in [4.69, 9.17) is 0 Å². The Kier molecular flexibility index (Phi) is 4.32. The van der Waals surface area contributed by atoms with Crippen LogP contribution in [-0.2, 0) is 6.54 Å². The van der Waals surface area contributed by atoms with Gasteiger partial charge in [0.25, 0.3) is 0 Å². The van der Waals surface area contributed by atoms with E-state index < -0.39 is 0 Å². The first-order chi connectivity index (χ1) is 7.79. The standard InChI is InChI=1S/C12H21N3S/c1-3-13-11-5-4-6-15(7-11)8-12-10(2)14-9-16-12/h9,11,13H,3-8H2,1-2H3. The van der Waals surface area contributed by atoms with Crippen molar-refractivity contribution in [1.29, 1.82) is 0 Å². The van der Waals surface area contributed by atoms with Gasteiger partial charge < -0.3 is 5.32 Å². The van der Waals surface area contributed by atoms with Crippen molar-refractivity contribution in [3.63, 3.8) is 0 Å². The molecule has 0 amide bonds. The van der Waals surface area contributed by atoms with E-state index in [0.29, 0.717) is 6.04 Å². The van der Waals surface area contributed by atoms with Gasteiger partial charge in [-0.1, -0.05) is 6.92 Å². The molecule has 4 heteroatoms. The van der Waals surface area contributed by atoms with Gasteiger partial charge in [0, 0.05) is 24.0 Å². The molecule has 1 aromatic heterocycles. The molecule has 0 radical (unpaired) electrons. The molecule has 1 aromatic rings. The third kappa shape index (κ3) is 3.03. The second kappa shape index (κ2) is 5.75. The Labute approximate surface area is 102 Å². The third-order valence-corrected chi connectivity index (χ3v) is 4.13. The van der Waals surface area contributed by atoms with Crippen LogP contribution in [0.4, 0.5) is 0 Å². The van der Waals surface area contributed by atoms with Crippen LogP contribution in [0.2, 0.25) is 0 Å². The van der Waals surface area contributed by atoms with Crippen molar-refractivity contribution in [2.24, 2.45) is 0 Å². The molecule has 1 N–H and O–H groups in total. The summed E-state index contributed by atoms with van der Waals surface area (Å²) in [5, 5.41) is 3.55. The summed E-state index contributed by atoms with van der Waals surface area (Å²) in [6.07, 6.45) is 2.64. The van der Waals surface area contributed by atoms with E-state index in [9.17, 15) is 0 Å². The minimum atomic E-state index is 0.687. The smallest absolute Gasteiger partial charge is 0.0798 e. The normalized spacial score (nSPS) is 22.5. The lowest BCUT2D eigenvalue weighted by Crippen LogP contribution is -2.45. The zero-order chi connectivity index (χ0) is 11.4. The van der Waals surface area contributed by atoms with Crippen LogP contribution in [0.1, 0.15) is 30.3 Å². The molecule has 90 valence electrons. The summed E-state index contributed by atoms with van der Waals surface area (Å²) in [4.78, 5) is 8.29. The van der Waals surface area contributed by atoms with Gasteiger partial charge >= 0.3 is 0 Å². The Bertz CT molecular complexity index is 322. The highest BCUT2D eigenvalue weighted by Crippen LogP contribution is 2.18. The van der Waals surface area contributed by atoms with E-state index in [1.807, 2.05) is 5.51 Å². The fourth-order valence-electron chi connectivity index (χ4n) is 2.34. The predicted molar refractivity (Wildman–Crippen MR) is 68.8 cm³/mol. The number of rotatable bonds is 4. The van der Waals surface area contributed by atoms with E-state index >= 15 is 0 Å². The van der Waals surface area contributed by atoms with Crippen LogP contribution in [0.5, 0.6) is 0 Å². The molecule has 3 nitrogen and oxygen atoms in total. The van der Waals surface area contributed by atoms with Crippen LogP contribution in [0.15, 0.2) is 5.51 Å². The van der Waals surface area contributed by atoms with Crippen LogP contribution >= 0.6 is 11.3 Å². The zero-order valence-corrected chi connectivity index (χ0v) is 11.0. The fraction of sp³-hybridized carbons (Fsp3) is 0.750. The number of nitrogens with zero attached hydrogens (tertiary/aromatic N) is 2. The van der Waals surface area contributed by atoms with Crippen molar-refractivity contribution in [2.45, 2.75) is 39.3 Å². The van der Waals surface area contributed by atoms with Crippen LogP contribution in [-0.4, -0.2) is 35.6 Å². The first kappa shape index (κ1) is 12.0. The maximum atomic E-state index is 4.31. The molecule has 2 rings (SSSR count). The monoisotopic (exact) mass is 239 g/mol. The minimum absolute atomic E-state index is 0.687.